The number of aromatic amines is 1. The van der Waals surface area contributed by atoms with Crippen LogP contribution in [0.2, 0.25) is 0 Å². The van der Waals surface area contributed by atoms with Gasteiger partial charge in [0.05, 0.1) is 30.3 Å². The molecule has 12 heteroatoms. The molecule has 3 aliphatic rings. The van der Waals surface area contributed by atoms with Gasteiger partial charge in [-0.3, -0.25) is 9.55 Å². The van der Waals surface area contributed by atoms with Gasteiger partial charge in [0.1, 0.15) is 17.4 Å². The van der Waals surface area contributed by atoms with Gasteiger partial charge in [0.25, 0.3) is 0 Å². The lowest BCUT2D eigenvalue weighted by atomic mass is 9.93. The van der Waals surface area contributed by atoms with Crippen molar-refractivity contribution in [2.45, 2.75) is 56.7 Å². The third-order valence-corrected chi connectivity index (χ3v) is 8.18. The second-order valence-corrected chi connectivity index (χ2v) is 10.8. The normalized spacial score (nSPS) is 22.6. The smallest absolute Gasteiger partial charge is 0.327 e. The summed E-state index contributed by atoms with van der Waals surface area (Å²) in [4.78, 5) is 36.5. The number of morpholine rings is 1. The number of hydrogen-bond donors (Lipinski definition) is 2. The largest absolute Gasteiger partial charge is 0.474 e. The number of pyridine rings is 2. The number of rotatable bonds is 6. The van der Waals surface area contributed by atoms with Crippen molar-refractivity contribution in [1.82, 2.24) is 29.5 Å². The summed E-state index contributed by atoms with van der Waals surface area (Å²) in [6, 6.07) is 6.30. The fourth-order valence-electron chi connectivity index (χ4n) is 6.01. The molecule has 0 unspecified atom stereocenters. The van der Waals surface area contributed by atoms with E-state index in [0.717, 1.165) is 68.3 Å². The van der Waals surface area contributed by atoms with Crippen LogP contribution >= 0.6 is 0 Å². The maximum Gasteiger partial charge on any atom is 0.327 e. The summed E-state index contributed by atoms with van der Waals surface area (Å²) in [5.74, 6) is 2.08. The molecule has 6 heterocycles. The number of nitrogens with one attached hydrogen (secondary N) is 2. The van der Waals surface area contributed by atoms with Crippen molar-refractivity contribution in [3.8, 4) is 5.88 Å². The van der Waals surface area contributed by atoms with E-state index < -0.39 is 0 Å². The second kappa shape index (κ2) is 11.0. The molecule has 0 spiro atoms. The van der Waals surface area contributed by atoms with Crippen LogP contribution in [-0.2, 0) is 9.47 Å². The zero-order valence-electron chi connectivity index (χ0n) is 22.4. The van der Waals surface area contributed by atoms with Crippen molar-refractivity contribution in [3.63, 3.8) is 0 Å². The summed E-state index contributed by atoms with van der Waals surface area (Å²) in [6.07, 6.45) is 8.81. The molecule has 0 atom stereocenters. The fourth-order valence-corrected chi connectivity index (χ4v) is 6.01. The maximum atomic E-state index is 12.7. The monoisotopic (exact) mass is 546 g/mol. The van der Waals surface area contributed by atoms with E-state index in [-0.39, 0.29) is 23.9 Å². The van der Waals surface area contributed by atoms with E-state index >= 15 is 0 Å². The number of aromatic nitrogens is 6. The van der Waals surface area contributed by atoms with Crippen LogP contribution in [0.1, 0.15) is 44.6 Å². The minimum Gasteiger partial charge on any atom is -0.474 e. The van der Waals surface area contributed by atoms with Gasteiger partial charge in [-0.1, -0.05) is 0 Å². The Labute approximate surface area is 231 Å². The molecular formula is C28H34N8O4. The Morgan fingerprint density at radius 2 is 1.77 bits per heavy atom. The average Bonchev–Trinajstić information content (AvgIpc) is 3.34. The number of hydrogen-bond acceptors (Lipinski definition) is 10. The van der Waals surface area contributed by atoms with Crippen molar-refractivity contribution in [2.24, 2.45) is 0 Å². The molecule has 0 bridgehead atoms. The van der Waals surface area contributed by atoms with Crippen molar-refractivity contribution in [3.05, 3.63) is 41.1 Å². The lowest BCUT2D eigenvalue weighted by Gasteiger charge is -2.31. The van der Waals surface area contributed by atoms with E-state index in [1.807, 2.05) is 24.4 Å². The SMILES string of the molecule is O=c1[nH]c2cnc(NC3CCC(Oc4nc(N5CCOCC5)cc5ncccc45)CC3)nc2n1C1CCOCC1. The molecule has 40 heavy (non-hydrogen) atoms. The van der Waals surface area contributed by atoms with Gasteiger partial charge >= 0.3 is 5.69 Å². The topological polar surface area (TPSA) is 132 Å². The first-order chi connectivity index (χ1) is 19.7. The Morgan fingerprint density at radius 1 is 0.975 bits per heavy atom. The van der Waals surface area contributed by atoms with Crippen LogP contribution in [0.25, 0.3) is 22.1 Å². The van der Waals surface area contributed by atoms with Gasteiger partial charge in [-0.2, -0.15) is 9.97 Å². The van der Waals surface area contributed by atoms with Crippen molar-refractivity contribution >= 4 is 33.8 Å². The lowest BCUT2D eigenvalue weighted by Crippen LogP contribution is -2.37. The number of H-pyrrole nitrogens is 1. The molecule has 210 valence electrons. The first-order valence-corrected chi connectivity index (χ1v) is 14.3. The Kier molecular flexibility index (Phi) is 6.94. The molecule has 0 radical (unpaired) electrons. The minimum atomic E-state index is -0.139. The number of nitrogens with zero attached hydrogens (tertiary/aromatic N) is 6. The minimum absolute atomic E-state index is 0.0701. The van der Waals surface area contributed by atoms with Crippen LogP contribution in [0.5, 0.6) is 5.88 Å². The van der Waals surface area contributed by atoms with Crippen LogP contribution in [0.15, 0.2) is 35.4 Å². The molecule has 0 aromatic carbocycles. The Bertz CT molecular complexity index is 1530. The first kappa shape index (κ1) is 25.2. The van der Waals surface area contributed by atoms with Crippen LogP contribution in [0, 0.1) is 0 Å². The number of anilines is 2. The highest BCUT2D eigenvalue weighted by Crippen LogP contribution is 2.31. The molecule has 12 nitrogen and oxygen atoms in total. The predicted octanol–water partition coefficient (Wildman–Crippen LogP) is 3.05. The standard InChI is InChI=1S/C28H34N8O4/c37-28-32-23-17-30-27(34-25(23)36(28)19-7-12-38-13-8-19)31-18-3-5-20(6-4-18)40-26-21-2-1-9-29-22(21)16-24(33-26)35-10-14-39-15-11-35/h1-2,9,16-20H,3-8,10-15H2,(H,32,37)(H,30,31,34). The fraction of sp³-hybridized carbons (Fsp3) is 0.536. The highest BCUT2D eigenvalue weighted by Gasteiger charge is 2.26. The molecule has 0 amide bonds. The number of fused-ring (bicyclic) bond motifs is 2. The molecule has 7 rings (SSSR count). The van der Waals surface area contributed by atoms with Gasteiger partial charge in [0.2, 0.25) is 11.8 Å². The Balaban J connectivity index is 1.03. The molecule has 1 aliphatic carbocycles. The van der Waals surface area contributed by atoms with Crippen LogP contribution in [-0.4, -0.2) is 81.1 Å². The van der Waals surface area contributed by atoms with E-state index in [2.05, 4.69) is 25.2 Å². The zero-order chi connectivity index (χ0) is 26.9. The van der Waals surface area contributed by atoms with Crippen molar-refractivity contribution in [1.29, 1.82) is 0 Å². The van der Waals surface area contributed by atoms with Crippen LogP contribution in [0.4, 0.5) is 11.8 Å². The third-order valence-electron chi connectivity index (χ3n) is 8.18. The van der Waals surface area contributed by atoms with E-state index in [9.17, 15) is 4.79 Å². The molecule has 2 N–H and O–H groups in total. The van der Waals surface area contributed by atoms with E-state index in [1.54, 1.807) is 10.8 Å². The van der Waals surface area contributed by atoms with Crippen LogP contribution in [0.3, 0.4) is 0 Å². The summed E-state index contributed by atoms with van der Waals surface area (Å²) in [5, 5.41) is 4.44. The summed E-state index contributed by atoms with van der Waals surface area (Å²) in [5.41, 5.74) is 2.06. The first-order valence-electron chi connectivity index (χ1n) is 14.3. The van der Waals surface area contributed by atoms with E-state index in [4.69, 9.17) is 24.2 Å². The highest BCUT2D eigenvalue weighted by molar-refractivity contribution is 5.85. The van der Waals surface area contributed by atoms with Gasteiger partial charge < -0.3 is 29.4 Å². The third kappa shape index (κ3) is 5.08. The molecular weight excluding hydrogens is 512 g/mol. The number of ether oxygens (including phenoxy) is 3. The quantitative estimate of drug-likeness (QED) is 0.372. The van der Waals surface area contributed by atoms with Gasteiger partial charge in [0, 0.05) is 50.7 Å². The summed E-state index contributed by atoms with van der Waals surface area (Å²) >= 11 is 0. The molecule has 2 aliphatic heterocycles. The van der Waals surface area contributed by atoms with Crippen molar-refractivity contribution in [2.75, 3.05) is 49.7 Å². The van der Waals surface area contributed by atoms with Crippen molar-refractivity contribution < 1.29 is 14.2 Å². The summed E-state index contributed by atoms with van der Waals surface area (Å²) in [6.45, 7) is 4.33. The average molecular weight is 547 g/mol. The summed E-state index contributed by atoms with van der Waals surface area (Å²) < 4.78 is 19.3. The van der Waals surface area contributed by atoms with E-state index in [0.29, 0.717) is 49.4 Å². The van der Waals surface area contributed by atoms with Gasteiger partial charge in [-0.25, -0.2) is 9.78 Å². The molecule has 2 saturated heterocycles. The van der Waals surface area contributed by atoms with E-state index in [1.165, 1.54) is 0 Å². The van der Waals surface area contributed by atoms with Crippen LogP contribution < -0.4 is 20.6 Å². The molecule has 1 saturated carbocycles. The molecule has 4 aromatic heterocycles. The second-order valence-electron chi connectivity index (χ2n) is 10.8. The maximum absolute atomic E-state index is 12.7. The zero-order valence-corrected chi connectivity index (χ0v) is 22.4. The summed E-state index contributed by atoms with van der Waals surface area (Å²) in [7, 11) is 0. The Morgan fingerprint density at radius 3 is 2.60 bits per heavy atom. The Hall–Kier alpha value is -3.77. The van der Waals surface area contributed by atoms with Gasteiger partial charge in [-0.15, -0.1) is 0 Å². The molecule has 4 aromatic rings. The van der Waals surface area contributed by atoms with Gasteiger partial charge in [0.15, 0.2) is 5.65 Å². The lowest BCUT2D eigenvalue weighted by molar-refractivity contribution is 0.0697. The van der Waals surface area contributed by atoms with Gasteiger partial charge in [-0.05, 0) is 50.7 Å². The number of imidazole rings is 1. The predicted molar refractivity (Wildman–Crippen MR) is 150 cm³/mol. The molecule has 3 fully saturated rings. The highest BCUT2D eigenvalue weighted by atomic mass is 16.5.